The zero-order valence-electron chi connectivity index (χ0n) is 14.2. The quantitative estimate of drug-likeness (QED) is 0.569. The minimum absolute atomic E-state index is 0.000767. The van der Waals surface area contributed by atoms with Crippen molar-refractivity contribution in [1.82, 2.24) is 10.6 Å². The first-order valence-corrected chi connectivity index (χ1v) is 7.86. The number of hydrogen-bond acceptors (Lipinski definition) is 3. The van der Waals surface area contributed by atoms with Gasteiger partial charge in [-0.05, 0) is 19.3 Å². The molecule has 0 aliphatic rings. The molecule has 0 aromatic carbocycles. The molecule has 0 aromatic rings. The third kappa shape index (κ3) is 7.46. The van der Waals surface area contributed by atoms with Crippen LogP contribution in [0.15, 0.2) is 0 Å². The Morgan fingerprint density at radius 3 is 2.05 bits per heavy atom. The molecule has 0 radical (unpaired) electrons. The van der Waals surface area contributed by atoms with Crippen molar-refractivity contribution in [3.63, 3.8) is 0 Å². The van der Waals surface area contributed by atoms with E-state index in [1.807, 2.05) is 34.6 Å². The van der Waals surface area contributed by atoms with E-state index in [2.05, 4.69) is 10.6 Å². The number of aliphatic hydroxyl groups excluding tert-OH is 1. The topological polar surface area (TPSA) is 78.4 Å². The van der Waals surface area contributed by atoms with Gasteiger partial charge in [-0.25, -0.2) is 0 Å². The molecule has 0 bridgehead atoms. The fourth-order valence-electron chi connectivity index (χ4n) is 1.87. The lowest BCUT2D eigenvalue weighted by Gasteiger charge is -2.29. The number of nitrogens with one attached hydrogen (secondary N) is 2. The van der Waals surface area contributed by atoms with Crippen LogP contribution in [0, 0.1) is 10.8 Å². The van der Waals surface area contributed by atoms with Gasteiger partial charge in [-0.2, -0.15) is 0 Å². The molecule has 0 aliphatic heterocycles. The summed E-state index contributed by atoms with van der Waals surface area (Å²) in [5.41, 5.74) is -0.610. The summed E-state index contributed by atoms with van der Waals surface area (Å²) >= 11 is 0. The van der Waals surface area contributed by atoms with Crippen molar-refractivity contribution in [3.05, 3.63) is 0 Å². The van der Waals surface area contributed by atoms with E-state index in [-0.39, 0.29) is 23.8 Å². The van der Waals surface area contributed by atoms with E-state index in [9.17, 15) is 14.7 Å². The van der Waals surface area contributed by atoms with E-state index in [0.717, 1.165) is 12.8 Å². The highest BCUT2D eigenvalue weighted by atomic mass is 16.3. The Balaban J connectivity index is 3.94. The van der Waals surface area contributed by atoms with Gasteiger partial charge in [0.15, 0.2) is 0 Å². The molecular weight excluding hydrogens is 268 g/mol. The van der Waals surface area contributed by atoms with Crippen LogP contribution < -0.4 is 10.6 Å². The van der Waals surface area contributed by atoms with Gasteiger partial charge >= 0.3 is 0 Å². The van der Waals surface area contributed by atoms with Crippen LogP contribution in [0.25, 0.3) is 0 Å². The van der Waals surface area contributed by atoms with Gasteiger partial charge in [0.2, 0.25) is 11.8 Å². The molecule has 5 heteroatoms. The monoisotopic (exact) mass is 300 g/mol. The van der Waals surface area contributed by atoms with Crippen LogP contribution in [0.1, 0.15) is 60.3 Å². The van der Waals surface area contributed by atoms with E-state index in [1.54, 1.807) is 0 Å². The van der Waals surface area contributed by atoms with Crippen LogP contribution in [0.5, 0.6) is 0 Å². The molecule has 5 nitrogen and oxygen atoms in total. The van der Waals surface area contributed by atoms with Crippen molar-refractivity contribution in [2.45, 2.75) is 60.3 Å². The Hall–Kier alpha value is -1.10. The molecular formula is C16H32N2O3. The predicted molar refractivity (Wildman–Crippen MR) is 84.8 cm³/mol. The predicted octanol–water partition coefficient (Wildman–Crippen LogP) is 1.84. The van der Waals surface area contributed by atoms with E-state index < -0.39 is 5.41 Å². The lowest BCUT2D eigenvalue weighted by Crippen LogP contribution is -2.40. The van der Waals surface area contributed by atoms with Gasteiger partial charge in [0.1, 0.15) is 0 Å². The summed E-state index contributed by atoms with van der Waals surface area (Å²) in [6.45, 7) is 10.7. The summed E-state index contributed by atoms with van der Waals surface area (Å²) in [4.78, 5) is 23.4. The molecule has 0 spiro atoms. The second-order valence-corrected chi connectivity index (χ2v) is 6.75. The second-order valence-electron chi connectivity index (χ2n) is 6.75. The van der Waals surface area contributed by atoms with E-state index in [4.69, 9.17) is 0 Å². The van der Waals surface area contributed by atoms with Gasteiger partial charge in [-0.1, -0.05) is 34.6 Å². The molecule has 0 rings (SSSR count). The maximum absolute atomic E-state index is 11.8. The first-order valence-electron chi connectivity index (χ1n) is 7.86. The molecule has 0 saturated heterocycles. The van der Waals surface area contributed by atoms with Crippen LogP contribution >= 0.6 is 0 Å². The summed E-state index contributed by atoms with van der Waals surface area (Å²) in [6, 6.07) is 0. The Morgan fingerprint density at radius 2 is 1.62 bits per heavy atom. The van der Waals surface area contributed by atoms with Gasteiger partial charge in [0.05, 0.1) is 6.61 Å². The number of aliphatic hydroxyl groups is 1. The highest BCUT2D eigenvalue weighted by molar-refractivity contribution is 5.81. The lowest BCUT2D eigenvalue weighted by atomic mass is 9.83. The number of carbonyl (C=O) groups excluding carboxylic acids is 2. The van der Waals surface area contributed by atoms with Crippen LogP contribution in [0.2, 0.25) is 0 Å². The summed E-state index contributed by atoms with van der Waals surface area (Å²) in [5, 5.41) is 15.2. The molecule has 3 N–H and O–H groups in total. The van der Waals surface area contributed by atoms with Gasteiger partial charge < -0.3 is 15.7 Å². The smallest absolute Gasteiger partial charge is 0.225 e. The second kappa shape index (κ2) is 9.03. The maximum Gasteiger partial charge on any atom is 0.225 e. The Bertz CT molecular complexity index is 323. The molecule has 0 saturated carbocycles. The van der Waals surface area contributed by atoms with Crippen molar-refractivity contribution in [3.8, 4) is 0 Å². The van der Waals surface area contributed by atoms with Crippen LogP contribution in [0.4, 0.5) is 0 Å². The van der Waals surface area contributed by atoms with Crippen LogP contribution in [-0.4, -0.2) is 36.6 Å². The Labute approximate surface area is 128 Å². The van der Waals surface area contributed by atoms with Crippen molar-refractivity contribution in [2.24, 2.45) is 10.8 Å². The molecule has 0 fully saturated rings. The van der Waals surface area contributed by atoms with Gasteiger partial charge in [-0.3, -0.25) is 9.59 Å². The summed E-state index contributed by atoms with van der Waals surface area (Å²) in [5.74, 6) is -0.0288. The third-order valence-electron chi connectivity index (χ3n) is 4.04. The SMILES string of the molecule is CCC(CC)(CO)CNC(=O)CCCNC(=O)C(C)(C)C. The molecule has 0 unspecified atom stereocenters. The number of hydrogen-bond donors (Lipinski definition) is 3. The molecule has 0 aliphatic carbocycles. The van der Waals surface area contributed by atoms with E-state index in [0.29, 0.717) is 25.9 Å². The summed E-state index contributed by atoms with van der Waals surface area (Å²) < 4.78 is 0. The minimum atomic E-state index is -0.398. The summed E-state index contributed by atoms with van der Waals surface area (Å²) in [6.07, 6.45) is 2.68. The van der Waals surface area contributed by atoms with Crippen molar-refractivity contribution in [2.75, 3.05) is 19.7 Å². The summed E-state index contributed by atoms with van der Waals surface area (Å²) in [7, 11) is 0. The van der Waals surface area contributed by atoms with Crippen LogP contribution in [-0.2, 0) is 9.59 Å². The first-order chi connectivity index (χ1) is 9.70. The lowest BCUT2D eigenvalue weighted by molar-refractivity contribution is -0.128. The van der Waals surface area contributed by atoms with Crippen molar-refractivity contribution < 1.29 is 14.7 Å². The molecule has 2 amide bonds. The standard InChI is InChI=1S/C16H32N2O3/c1-6-16(7-2,12-19)11-18-13(20)9-8-10-17-14(21)15(3,4)5/h19H,6-12H2,1-5H3,(H,17,21)(H,18,20). The number of carbonyl (C=O) groups is 2. The average molecular weight is 300 g/mol. The molecule has 21 heavy (non-hydrogen) atoms. The highest BCUT2D eigenvalue weighted by Crippen LogP contribution is 2.24. The van der Waals surface area contributed by atoms with Crippen molar-refractivity contribution >= 4 is 11.8 Å². The molecule has 0 heterocycles. The molecule has 124 valence electrons. The Morgan fingerprint density at radius 1 is 1.05 bits per heavy atom. The fourth-order valence-corrected chi connectivity index (χ4v) is 1.87. The maximum atomic E-state index is 11.8. The van der Waals surface area contributed by atoms with Gasteiger partial charge in [-0.15, -0.1) is 0 Å². The highest BCUT2D eigenvalue weighted by Gasteiger charge is 2.25. The Kier molecular flexibility index (Phi) is 8.55. The fraction of sp³-hybridized carbons (Fsp3) is 0.875. The van der Waals surface area contributed by atoms with Crippen molar-refractivity contribution in [1.29, 1.82) is 0 Å². The minimum Gasteiger partial charge on any atom is -0.396 e. The largest absolute Gasteiger partial charge is 0.396 e. The number of amides is 2. The van der Waals surface area contributed by atoms with Gasteiger partial charge in [0, 0.05) is 30.3 Å². The van der Waals surface area contributed by atoms with E-state index in [1.165, 1.54) is 0 Å². The first kappa shape index (κ1) is 19.9. The normalized spacial score (nSPS) is 12.1. The zero-order valence-corrected chi connectivity index (χ0v) is 14.2. The molecule has 0 aromatic heterocycles. The van der Waals surface area contributed by atoms with Crippen LogP contribution in [0.3, 0.4) is 0 Å². The number of rotatable bonds is 9. The van der Waals surface area contributed by atoms with Gasteiger partial charge in [0.25, 0.3) is 0 Å². The zero-order chi connectivity index (χ0) is 16.5. The third-order valence-corrected chi connectivity index (χ3v) is 4.04. The average Bonchev–Trinajstić information content (AvgIpc) is 2.44. The molecule has 0 atom stereocenters. The van der Waals surface area contributed by atoms with E-state index >= 15 is 0 Å².